The number of hydrogen-bond acceptors (Lipinski definition) is 5. The van der Waals surface area contributed by atoms with Crippen molar-refractivity contribution in [3.05, 3.63) is 28.9 Å². The summed E-state index contributed by atoms with van der Waals surface area (Å²) in [4.78, 5) is 21.7. The van der Waals surface area contributed by atoms with E-state index in [1.54, 1.807) is 12.4 Å². The lowest BCUT2D eigenvalue weighted by atomic mass is 10.2. The number of nitrogens with two attached hydrogens (primary N) is 1. The Labute approximate surface area is 120 Å². The summed E-state index contributed by atoms with van der Waals surface area (Å²) in [5, 5.41) is 2.92. The van der Waals surface area contributed by atoms with Crippen LogP contribution >= 0.6 is 11.3 Å². The van der Waals surface area contributed by atoms with Crippen molar-refractivity contribution in [2.75, 3.05) is 12.3 Å². The smallest absolute Gasteiger partial charge is 0.263 e. The maximum atomic E-state index is 12.2. The quantitative estimate of drug-likeness (QED) is 0.847. The second kappa shape index (κ2) is 5.58. The zero-order valence-corrected chi connectivity index (χ0v) is 11.9. The van der Waals surface area contributed by atoms with Crippen molar-refractivity contribution in [3.8, 4) is 0 Å². The third-order valence-electron chi connectivity index (χ3n) is 3.44. The molecule has 0 spiro atoms. The van der Waals surface area contributed by atoms with Crippen molar-refractivity contribution in [1.82, 2.24) is 15.3 Å². The van der Waals surface area contributed by atoms with Gasteiger partial charge in [0.25, 0.3) is 5.91 Å². The molecule has 0 atom stereocenters. The molecule has 2 aromatic heterocycles. The summed E-state index contributed by atoms with van der Waals surface area (Å²) in [6.07, 6.45) is 9.95. The molecule has 0 saturated carbocycles. The van der Waals surface area contributed by atoms with Crippen LogP contribution in [0.3, 0.4) is 0 Å². The normalized spacial score (nSPS) is 14.5. The number of nitrogen functional groups attached to an aromatic ring is 1. The number of carbonyl (C=O) groups is 1. The van der Waals surface area contributed by atoms with Crippen LogP contribution in [0, 0.1) is 0 Å². The van der Waals surface area contributed by atoms with Crippen LogP contribution in [0.2, 0.25) is 0 Å². The Bertz CT molecular complexity index is 677. The second-order valence-corrected chi connectivity index (χ2v) is 5.81. The monoisotopic (exact) mass is 288 g/mol. The lowest BCUT2D eigenvalue weighted by Gasteiger charge is -2.04. The molecule has 0 aromatic carbocycles. The molecule has 6 heteroatoms. The Balaban J connectivity index is 1.67. The largest absolute Gasteiger partial charge is 0.396 e. The fourth-order valence-corrected chi connectivity index (χ4v) is 3.33. The van der Waals surface area contributed by atoms with Gasteiger partial charge in [0.15, 0.2) is 0 Å². The van der Waals surface area contributed by atoms with Crippen molar-refractivity contribution in [2.45, 2.75) is 25.7 Å². The first-order valence-electron chi connectivity index (χ1n) is 6.71. The van der Waals surface area contributed by atoms with E-state index in [1.807, 2.05) is 0 Å². The highest BCUT2D eigenvalue weighted by Crippen LogP contribution is 2.30. The van der Waals surface area contributed by atoms with Gasteiger partial charge in [-0.15, -0.1) is 11.3 Å². The number of allylic oxidation sites excluding steroid dienone is 1. The zero-order chi connectivity index (χ0) is 13.9. The van der Waals surface area contributed by atoms with Gasteiger partial charge in [0.2, 0.25) is 0 Å². The van der Waals surface area contributed by atoms with Crippen molar-refractivity contribution in [1.29, 1.82) is 0 Å². The fourth-order valence-electron chi connectivity index (χ4n) is 2.39. The van der Waals surface area contributed by atoms with Gasteiger partial charge < -0.3 is 11.1 Å². The van der Waals surface area contributed by atoms with Crippen LogP contribution in [0.25, 0.3) is 10.3 Å². The third-order valence-corrected chi connectivity index (χ3v) is 4.54. The summed E-state index contributed by atoms with van der Waals surface area (Å²) in [7, 11) is 0. The molecule has 0 unspecified atom stereocenters. The van der Waals surface area contributed by atoms with E-state index in [-0.39, 0.29) is 5.91 Å². The lowest BCUT2D eigenvalue weighted by Crippen LogP contribution is -2.24. The second-order valence-electron chi connectivity index (χ2n) is 4.82. The van der Waals surface area contributed by atoms with E-state index in [2.05, 4.69) is 21.4 Å². The number of fused-ring (bicyclic) bond motifs is 1. The molecular weight excluding hydrogens is 272 g/mol. The predicted molar refractivity (Wildman–Crippen MR) is 80.7 cm³/mol. The van der Waals surface area contributed by atoms with E-state index >= 15 is 0 Å². The van der Waals surface area contributed by atoms with E-state index in [1.165, 1.54) is 29.8 Å². The molecule has 0 bridgehead atoms. The number of nitrogens with one attached hydrogen (secondary N) is 1. The van der Waals surface area contributed by atoms with E-state index in [0.29, 0.717) is 27.5 Å². The number of rotatable bonds is 4. The van der Waals surface area contributed by atoms with Gasteiger partial charge in [-0.3, -0.25) is 4.79 Å². The van der Waals surface area contributed by atoms with E-state index in [0.717, 1.165) is 12.8 Å². The molecule has 3 rings (SSSR count). The maximum Gasteiger partial charge on any atom is 0.263 e. The number of aromatic nitrogens is 2. The van der Waals surface area contributed by atoms with Crippen molar-refractivity contribution < 1.29 is 4.79 Å². The topological polar surface area (TPSA) is 80.9 Å². The van der Waals surface area contributed by atoms with E-state index in [4.69, 9.17) is 5.73 Å². The number of carbonyl (C=O) groups excluding carboxylic acids is 1. The van der Waals surface area contributed by atoms with Gasteiger partial charge in [0.05, 0.1) is 5.69 Å². The van der Waals surface area contributed by atoms with Gasteiger partial charge in [0.1, 0.15) is 15.2 Å². The minimum Gasteiger partial charge on any atom is -0.396 e. The van der Waals surface area contributed by atoms with Gasteiger partial charge >= 0.3 is 0 Å². The Kier molecular flexibility index (Phi) is 3.64. The highest BCUT2D eigenvalue weighted by Gasteiger charge is 2.17. The molecule has 104 valence electrons. The summed E-state index contributed by atoms with van der Waals surface area (Å²) in [5.41, 5.74) is 8.45. The van der Waals surface area contributed by atoms with Crippen molar-refractivity contribution in [2.24, 2.45) is 0 Å². The number of nitrogens with zero attached hydrogens (tertiary/aromatic N) is 2. The Morgan fingerprint density at radius 1 is 1.40 bits per heavy atom. The molecule has 0 radical (unpaired) electrons. The molecule has 5 nitrogen and oxygen atoms in total. The standard InChI is InChI=1S/C14H16N4OS/c15-10-11-14(18-8-7-16-11)20-12(10)13(19)17-6-5-9-3-1-2-4-9/h3,7-8H,1-2,4-6,15H2,(H,17,19). The Morgan fingerprint density at radius 3 is 3.00 bits per heavy atom. The summed E-state index contributed by atoms with van der Waals surface area (Å²) in [5.74, 6) is -0.133. The van der Waals surface area contributed by atoms with Crippen LogP contribution in [0.4, 0.5) is 5.69 Å². The van der Waals surface area contributed by atoms with E-state index < -0.39 is 0 Å². The van der Waals surface area contributed by atoms with Gasteiger partial charge in [-0.05, 0) is 25.7 Å². The first-order chi connectivity index (χ1) is 9.75. The van der Waals surface area contributed by atoms with Crippen LogP contribution in [-0.2, 0) is 0 Å². The van der Waals surface area contributed by atoms with Gasteiger partial charge in [0, 0.05) is 18.9 Å². The minimum atomic E-state index is -0.133. The highest BCUT2D eigenvalue weighted by molar-refractivity contribution is 7.21. The lowest BCUT2D eigenvalue weighted by molar-refractivity contribution is 0.0959. The van der Waals surface area contributed by atoms with Gasteiger partial charge in [-0.2, -0.15) is 0 Å². The molecule has 1 aliphatic rings. The van der Waals surface area contributed by atoms with Crippen LogP contribution in [-0.4, -0.2) is 22.4 Å². The molecular formula is C14H16N4OS. The Hall–Kier alpha value is -1.95. The molecule has 3 N–H and O–H groups in total. The van der Waals surface area contributed by atoms with Crippen LogP contribution < -0.4 is 11.1 Å². The molecule has 0 fully saturated rings. The zero-order valence-electron chi connectivity index (χ0n) is 11.1. The average molecular weight is 288 g/mol. The molecule has 1 amide bonds. The molecule has 0 aliphatic heterocycles. The molecule has 2 heterocycles. The average Bonchev–Trinajstić information content (AvgIpc) is 3.08. The Morgan fingerprint density at radius 2 is 2.25 bits per heavy atom. The summed E-state index contributed by atoms with van der Waals surface area (Å²) >= 11 is 1.29. The number of thiophene rings is 1. The summed E-state index contributed by atoms with van der Waals surface area (Å²) in [6, 6.07) is 0. The fraction of sp³-hybridized carbons (Fsp3) is 0.357. The molecule has 2 aromatic rings. The molecule has 20 heavy (non-hydrogen) atoms. The maximum absolute atomic E-state index is 12.2. The third kappa shape index (κ3) is 2.51. The summed E-state index contributed by atoms with van der Waals surface area (Å²) < 4.78 is 0. The van der Waals surface area contributed by atoms with Gasteiger partial charge in [-0.25, -0.2) is 9.97 Å². The molecule has 0 saturated heterocycles. The van der Waals surface area contributed by atoms with Crippen LogP contribution in [0.1, 0.15) is 35.4 Å². The van der Waals surface area contributed by atoms with Gasteiger partial charge in [-0.1, -0.05) is 11.6 Å². The van der Waals surface area contributed by atoms with E-state index in [9.17, 15) is 4.79 Å². The SMILES string of the molecule is Nc1c(C(=O)NCCC2=CCCC2)sc2nccnc12. The number of hydrogen-bond donors (Lipinski definition) is 2. The predicted octanol–water partition coefficient (Wildman–Crippen LogP) is 2.50. The highest BCUT2D eigenvalue weighted by atomic mass is 32.1. The van der Waals surface area contributed by atoms with Crippen LogP contribution in [0.15, 0.2) is 24.0 Å². The van der Waals surface area contributed by atoms with Crippen molar-refractivity contribution >= 4 is 33.3 Å². The molecule has 1 aliphatic carbocycles. The number of amides is 1. The van der Waals surface area contributed by atoms with Crippen LogP contribution in [0.5, 0.6) is 0 Å². The minimum absolute atomic E-state index is 0.133. The first-order valence-corrected chi connectivity index (χ1v) is 7.52. The number of anilines is 1. The summed E-state index contributed by atoms with van der Waals surface area (Å²) in [6.45, 7) is 0.652. The van der Waals surface area contributed by atoms with Crippen molar-refractivity contribution in [3.63, 3.8) is 0 Å². The first kappa shape index (κ1) is 13.1.